The molecule has 5 nitrogen and oxygen atoms in total. The first-order valence-electron chi connectivity index (χ1n) is 5.15. The summed E-state index contributed by atoms with van der Waals surface area (Å²) < 4.78 is 0. The molecule has 0 aromatic heterocycles. The van der Waals surface area contributed by atoms with E-state index in [1.807, 2.05) is 0 Å². The largest absolute Gasteiger partial charge is 0.478 e. The lowest BCUT2D eigenvalue weighted by Gasteiger charge is -2.03. The SMILES string of the molecule is C=CCNC(=S)N/N=C\c1ccccc1C(=O)O. The van der Waals surface area contributed by atoms with Crippen molar-refractivity contribution in [3.05, 3.63) is 48.0 Å². The first-order chi connectivity index (χ1) is 8.65. The summed E-state index contributed by atoms with van der Waals surface area (Å²) in [6.07, 6.45) is 3.07. The van der Waals surface area contributed by atoms with Gasteiger partial charge in [0.15, 0.2) is 5.11 Å². The molecule has 0 amide bonds. The second-order valence-electron chi connectivity index (χ2n) is 3.26. The van der Waals surface area contributed by atoms with Crippen molar-refractivity contribution in [1.82, 2.24) is 10.7 Å². The zero-order valence-electron chi connectivity index (χ0n) is 9.59. The average Bonchev–Trinajstić information content (AvgIpc) is 2.36. The lowest BCUT2D eigenvalue weighted by atomic mass is 10.1. The number of hydrogen-bond donors (Lipinski definition) is 3. The van der Waals surface area contributed by atoms with Crippen LogP contribution in [0.25, 0.3) is 0 Å². The van der Waals surface area contributed by atoms with E-state index >= 15 is 0 Å². The van der Waals surface area contributed by atoms with E-state index in [1.54, 1.807) is 24.3 Å². The van der Waals surface area contributed by atoms with Crippen molar-refractivity contribution in [3.63, 3.8) is 0 Å². The highest BCUT2D eigenvalue weighted by molar-refractivity contribution is 7.80. The molecule has 0 aliphatic rings. The zero-order valence-corrected chi connectivity index (χ0v) is 10.4. The number of nitrogens with zero attached hydrogens (tertiary/aromatic N) is 1. The van der Waals surface area contributed by atoms with E-state index in [0.717, 1.165) is 0 Å². The Morgan fingerprint density at radius 2 is 2.22 bits per heavy atom. The lowest BCUT2D eigenvalue weighted by molar-refractivity contribution is 0.0697. The maximum Gasteiger partial charge on any atom is 0.336 e. The number of thiocarbonyl (C=S) groups is 1. The molecule has 0 aliphatic heterocycles. The molecule has 1 aromatic rings. The van der Waals surface area contributed by atoms with Crippen LogP contribution in [0.15, 0.2) is 42.0 Å². The Kier molecular flexibility index (Phi) is 5.53. The van der Waals surface area contributed by atoms with Gasteiger partial charge in [-0.2, -0.15) is 5.10 Å². The molecule has 3 N–H and O–H groups in total. The van der Waals surface area contributed by atoms with Gasteiger partial charge in [-0.1, -0.05) is 24.3 Å². The van der Waals surface area contributed by atoms with Gasteiger partial charge in [0, 0.05) is 12.1 Å². The monoisotopic (exact) mass is 263 g/mol. The van der Waals surface area contributed by atoms with Gasteiger partial charge in [-0.25, -0.2) is 4.79 Å². The fourth-order valence-electron chi connectivity index (χ4n) is 1.17. The lowest BCUT2D eigenvalue weighted by Crippen LogP contribution is -2.31. The van der Waals surface area contributed by atoms with Crippen molar-refractivity contribution in [2.24, 2.45) is 5.10 Å². The van der Waals surface area contributed by atoms with Crippen molar-refractivity contribution < 1.29 is 9.90 Å². The molecule has 94 valence electrons. The third kappa shape index (κ3) is 4.34. The molecule has 0 radical (unpaired) electrons. The van der Waals surface area contributed by atoms with E-state index in [2.05, 4.69) is 22.4 Å². The number of benzene rings is 1. The Morgan fingerprint density at radius 1 is 1.50 bits per heavy atom. The molecular weight excluding hydrogens is 250 g/mol. The maximum absolute atomic E-state index is 10.9. The number of carbonyl (C=O) groups is 1. The predicted molar refractivity (Wildman–Crippen MR) is 74.9 cm³/mol. The van der Waals surface area contributed by atoms with Gasteiger partial charge >= 0.3 is 5.97 Å². The fourth-order valence-corrected chi connectivity index (χ4v) is 1.31. The molecule has 1 rings (SSSR count). The number of rotatable bonds is 5. The second-order valence-corrected chi connectivity index (χ2v) is 3.67. The van der Waals surface area contributed by atoms with Crippen LogP contribution >= 0.6 is 12.2 Å². The van der Waals surface area contributed by atoms with E-state index in [4.69, 9.17) is 17.3 Å². The Balaban J connectivity index is 2.64. The molecule has 0 unspecified atom stereocenters. The number of hydrogen-bond acceptors (Lipinski definition) is 3. The van der Waals surface area contributed by atoms with Gasteiger partial charge in [-0.3, -0.25) is 5.43 Å². The van der Waals surface area contributed by atoms with Crippen molar-refractivity contribution in [2.75, 3.05) is 6.54 Å². The molecule has 0 heterocycles. The van der Waals surface area contributed by atoms with Gasteiger partial charge < -0.3 is 10.4 Å². The summed E-state index contributed by atoms with van der Waals surface area (Å²) >= 11 is 4.92. The highest BCUT2D eigenvalue weighted by Crippen LogP contribution is 2.05. The molecule has 0 saturated heterocycles. The minimum Gasteiger partial charge on any atom is -0.478 e. The molecule has 0 aliphatic carbocycles. The van der Waals surface area contributed by atoms with Gasteiger partial charge in [0.2, 0.25) is 0 Å². The Morgan fingerprint density at radius 3 is 2.89 bits per heavy atom. The van der Waals surface area contributed by atoms with Crippen LogP contribution in [0.4, 0.5) is 0 Å². The summed E-state index contributed by atoms with van der Waals surface area (Å²) in [7, 11) is 0. The fraction of sp³-hybridized carbons (Fsp3) is 0.0833. The summed E-state index contributed by atoms with van der Waals surface area (Å²) in [6, 6.07) is 6.57. The van der Waals surface area contributed by atoms with Crippen LogP contribution < -0.4 is 10.7 Å². The van der Waals surface area contributed by atoms with Crippen molar-refractivity contribution in [2.45, 2.75) is 0 Å². The average molecular weight is 263 g/mol. The molecule has 0 saturated carbocycles. The number of carboxylic acid groups (broad SMARTS) is 1. The van der Waals surface area contributed by atoms with Crippen LogP contribution in [0.5, 0.6) is 0 Å². The summed E-state index contributed by atoms with van der Waals surface area (Å²) in [5.74, 6) is -0.996. The van der Waals surface area contributed by atoms with E-state index in [0.29, 0.717) is 17.2 Å². The Labute approximate surface area is 110 Å². The molecule has 0 bridgehead atoms. The Hall–Kier alpha value is -2.21. The molecule has 0 spiro atoms. The predicted octanol–water partition coefficient (Wildman–Crippen LogP) is 1.37. The highest BCUT2D eigenvalue weighted by Gasteiger charge is 2.06. The van der Waals surface area contributed by atoms with Gasteiger partial charge in [0.05, 0.1) is 11.8 Å². The highest BCUT2D eigenvalue weighted by atomic mass is 32.1. The van der Waals surface area contributed by atoms with Crippen LogP contribution in [-0.4, -0.2) is 28.9 Å². The first-order valence-corrected chi connectivity index (χ1v) is 5.56. The molecule has 0 fully saturated rings. The summed E-state index contributed by atoms with van der Waals surface area (Å²) in [5, 5.41) is 16.0. The molecule has 6 heteroatoms. The van der Waals surface area contributed by atoms with Crippen molar-refractivity contribution in [1.29, 1.82) is 0 Å². The van der Waals surface area contributed by atoms with Crippen molar-refractivity contribution in [3.8, 4) is 0 Å². The minimum absolute atomic E-state index is 0.188. The Bertz CT molecular complexity index is 486. The third-order valence-electron chi connectivity index (χ3n) is 1.97. The van der Waals surface area contributed by atoms with Gasteiger partial charge in [-0.05, 0) is 18.3 Å². The number of aromatic carboxylic acids is 1. The van der Waals surface area contributed by atoms with Crippen LogP contribution in [0.2, 0.25) is 0 Å². The zero-order chi connectivity index (χ0) is 13.4. The smallest absolute Gasteiger partial charge is 0.336 e. The quantitative estimate of drug-likeness (QED) is 0.324. The molecule has 1 aromatic carbocycles. The van der Waals surface area contributed by atoms with Crippen LogP contribution in [0.1, 0.15) is 15.9 Å². The molecule has 0 atom stereocenters. The van der Waals surface area contributed by atoms with E-state index in [1.165, 1.54) is 12.3 Å². The van der Waals surface area contributed by atoms with E-state index in [9.17, 15) is 4.79 Å². The normalized spacial score (nSPS) is 10.0. The van der Waals surface area contributed by atoms with Gasteiger partial charge in [0.25, 0.3) is 0 Å². The van der Waals surface area contributed by atoms with E-state index in [-0.39, 0.29) is 5.56 Å². The topological polar surface area (TPSA) is 73.7 Å². The van der Waals surface area contributed by atoms with Crippen LogP contribution in [0.3, 0.4) is 0 Å². The first kappa shape index (κ1) is 13.9. The second kappa shape index (κ2) is 7.18. The van der Waals surface area contributed by atoms with Gasteiger partial charge in [-0.15, -0.1) is 6.58 Å². The van der Waals surface area contributed by atoms with Gasteiger partial charge in [0.1, 0.15) is 0 Å². The number of carboxylic acids is 1. The molecular formula is C12H13N3O2S. The number of nitrogens with one attached hydrogen (secondary N) is 2. The van der Waals surface area contributed by atoms with Crippen LogP contribution in [-0.2, 0) is 0 Å². The molecule has 18 heavy (non-hydrogen) atoms. The standard InChI is InChI=1S/C12H13N3O2S/c1-2-7-13-12(18)15-14-8-9-5-3-4-6-10(9)11(16)17/h2-6,8H,1,7H2,(H,16,17)(H2,13,15,18)/b14-8-. The summed E-state index contributed by atoms with van der Waals surface area (Å²) in [5.41, 5.74) is 3.27. The number of hydrazone groups is 1. The van der Waals surface area contributed by atoms with Crippen LogP contribution in [0, 0.1) is 0 Å². The summed E-state index contributed by atoms with van der Waals surface area (Å²) in [6.45, 7) is 4.07. The van der Waals surface area contributed by atoms with E-state index < -0.39 is 5.97 Å². The maximum atomic E-state index is 10.9. The third-order valence-corrected chi connectivity index (χ3v) is 2.20. The summed E-state index contributed by atoms with van der Waals surface area (Å²) in [4.78, 5) is 10.9. The minimum atomic E-state index is -0.996. The van der Waals surface area contributed by atoms with Crippen molar-refractivity contribution >= 4 is 29.5 Å².